The molecule has 1 atom stereocenters. The molecule has 1 rings (SSSR count). The van der Waals surface area contributed by atoms with Crippen molar-refractivity contribution in [3.63, 3.8) is 0 Å². The number of nitrogens with one attached hydrogen (secondary N) is 1. The summed E-state index contributed by atoms with van der Waals surface area (Å²) >= 11 is 0. The number of carboxylic acid groups (broad SMARTS) is 1. The minimum Gasteiger partial charge on any atom is -0.480 e. The Morgan fingerprint density at radius 2 is 2.06 bits per heavy atom. The Hall–Kier alpha value is -0.650. The average Bonchev–Trinajstić information content (AvgIpc) is 2.67. The number of carbonyl (C=O) groups is 1. The van der Waals surface area contributed by atoms with Crippen molar-refractivity contribution in [2.24, 2.45) is 0 Å². The van der Waals surface area contributed by atoms with Crippen molar-refractivity contribution in [1.29, 1.82) is 0 Å². The molecule has 5 heteroatoms. The van der Waals surface area contributed by atoms with Crippen LogP contribution in [-0.4, -0.2) is 47.6 Å². The van der Waals surface area contributed by atoms with Crippen LogP contribution in [0.15, 0.2) is 0 Å². The normalized spacial score (nSPS) is 22.9. The van der Waals surface area contributed by atoms with E-state index in [1.165, 1.54) is 7.11 Å². The maximum Gasteiger partial charge on any atom is 0.326 e. The molecule has 1 fully saturated rings. The van der Waals surface area contributed by atoms with Crippen LogP contribution in [0, 0.1) is 0 Å². The molecule has 1 aliphatic carbocycles. The molecule has 1 saturated carbocycles. The molecule has 0 spiro atoms. The molecule has 16 heavy (non-hydrogen) atoms. The summed E-state index contributed by atoms with van der Waals surface area (Å²) in [6.45, 7) is 1.65. The Balaban J connectivity index is 2.77. The zero-order chi connectivity index (χ0) is 12.2. The van der Waals surface area contributed by atoms with Gasteiger partial charge >= 0.3 is 5.97 Å². The zero-order valence-electron chi connectivity index (χ0n) is 9.95. The SMILES string of the molecule is COCC(C)(NC1(CO)CCCC1)C(=O)O. The van der Waals surface area contributed by atoms with Gasteiger partial charge in [-0.15, -0.1) is 0 Å². The summed E-state index contributed by atoms with van der Waals surface area (Å²) in [6.07, 6.45) is 3.68. The molecule has 0 radical (unpaired) electrons. The van der Waals surface area contributed by atoms with Crippen molar-refractivity contribution in [2.75, 3.05) is 20.3 Å². The van der Waals surface area contributed by atoms with Gasteiger partial charge < -0.3 is 14.9 Å². The average molecular weight is 231 g/mol. The van der Waals surface area contributed by atoms with E-state index >= 15 is 0 Å². The van der Waals surface area contributed by atoms with Crippen LogP contribution < -0.4 is 5.32 Å². The second-order valence-corrected chi connectivity index (χ2v) is 4.84. The van der Waals surface area contributed by atoms with E-state index in [0.717, 1.165) is 25.7 Å². The lowest BCUT2D eigenvalue weighted by atomic mass is 9.92. The molecular weight excluding hydrogens is 210 g/mol. The number of rotatable bonds is 6. The van der Waals surface area contributed by atoms with Crippen molar-refractivity contribution < 1.29 is 19.7 Å². The standard InChI is InChI=1S/C11H21NO4/c1-10(8-16-2,9(14)15)12-11(7-13)5-3-4-6-11/h12-13H,3-8H2,1-2H3,(H,14,15). The minimum atomic E-state index is -1.14. The van der Waals surface area contributed by atoms with Crippen LogP contribution in [0.2, 0.25) is 0 Å². The number of aliphatic hydroxyl groups excluding tert-OH is 1. The number of hydrogen-bond acceptors (Lipinski definition) is 4. The van der Waals surface area contributed by atoms with Crippen molar-refractivity contribution in [2.45, 2.75) is 43.7 Å². The summed E-state index contributed by atoms with van der Waals surface area (Å²) in [6, 6.07) is 0. The van der Waals surface area contributed by atoms with Crippen LogP contribution in [0.4, 0.5) is 0 Å². The van der Waals surface area contributed by atoms with E-state index in [-0.39, 0.29) is 13.2 Å². The summed E-state index contributed by atoms with van der Waals surface area (Å²) in [4.78, 5) is 11.2. The van der Waals surface area contributed by atoms with Gasteiger partial charge in [-0.25, -0.2) is 0 Å². The summed E-state index contributed by atoms with van der Waals surface area (Å²) in [5.41, 5.74) is -1.59. The minimum absolute atomic E-state index is 0.0282. The third-order valence-corrected chi connectivity index (χ3v) is 3.31. The van der Waals surface area contributed by atoms with Gasteiger partial charge in [-0.2, -0.15) is 0 Å². The van der Waals surface area contributed by atoms with Crippen LogP contribution in [0.5, 0.6) is 0 Å². The van der Waals surface area contributed by atoms with E-state index in [9.17, 15) is 15.0 Å². The predicted molar refractivity (Wildman–Crippen MR) is 59.3 cm³/mol. The molecular formula is C11H21NO4. The molecule has 0 saturated heterocycles. The van der Waals surface area contributed by atoms with E-state index in [1.807, 2.05) is 0 Å². The maximum absolute atomic E-state index is 11.2. The Morgan fingerprint density at radius 1 is 1.50 bits per heavy atom. The molecule has 1 unspecified atom stereocenters. The van der Waals surface area contributed by atoms with E-state index in [0.29, 0.717) is 0 Å². The lowest BCUT2D eigenvalue weighted by Crippen LogP contribution is -2.63. The molecule has 1 aliphatic rings. The number of ether oxygens (including phenoxy) is 1. The highest BCUT2D eigenvalue weighted by Gasteiger charge is 2.43. The highest BCUT2D eigenvalue weighted by atomic mass is 16.5. The van der Waals surface area contributed by atoms with Crippen molar-refractivity contribution >= 4 is 5.97 Å². The van der Waals surface area contributed by atoms with Crippen molar-refractivity contribution in [3.8, 4) is 0 Å². The fourth-order valence-electron chi connectivity index (χ4n) is 2.40. The Morgan fingerprint density at radius 3 is 2.44 bits per heavy atom. The number of aliphatic hydroxyl groups is 1. The molecule has 3 N–H and O–H groups in total. The highest BCUT2D eigenvalue weighted by molar-refractivity contribution is 5.78. The van der Waals surface area contributed by atoms with Gasteiger partial charge in [0.2, 0.25) is 0 Å². The van der Waals surface area contributed by atoms with Crippen LogP contribution in [0.1, 0.15) is 32.6 Å². The topological polar surface area (TPSA) is 78.8 Å². The van der Waals surface area contributed by atoms with Gasteiger partial charge in [0.05, 0.1) is 13.2 Å². The molecule has 0 bridgehead atoms. The van der Waals surface area contributed by atoms with Gasteiger partial charge in [0.1, 0.15) is 5.54 Å². The van der Waals surface area contributed by atoms with Gasteiger partial charge in [-0.1, -0.05) is 12.8 Å². The molecule has 0 aliphatic heterocycles. The van der Waals surface area contributed by atoms with E-state index < -0.39 is 17.0 Å². The first-order valence-electron chi connectivity index (χ1n) is 5.61. The lowest BCUT2D eigenvalue weighted by molar-refractivity contribution is -0.148. The van der Waals surface area contributed by atoms with Crippen LogP contribution in [0.25, 0.3) is 0 Å². The molecule has 0 aromatic rings. The number of carboxylic acids is 1. The second kappa shape index (κ2) is 5.12. The molecule has 0 aromatic carbocycles. The number of methoxy groups -OCH3 is 1. The summed E-state index contributed by atoms with van der Waals surface area (Å²) in [5.74, 6) is -0.950. The molecule has 0 amide bonds. The number of aliphatic carboxylic acids is 1. The van der Waals surface area contributed by atoms with Gasteiger partial charge in [0.15, 0.2) is 0 Å². The summed E-state index contributed by atoms with van der Waals surface area (Å²) in [5, 5.41) is 21.7. The van der Waals surface area contributed by atoms with Crippen LogP contribution in [-0.2, 0) is 9.53 Å². The third-order valence-electron chi connectivity index (χ3n) is 3.31. The molecule has 5 nitrogen and oxygen atoms in total. The first kappa shape index (κ1) is 13.4. The zero-order valence-corrected chi connectivity index (χ0v) is 9.95. The van der Waals surface area contributed by atoms with Crippen molar-refractivity contribution in [3.05, 3.63) is 0 Å². The Kier molecular flexibility index (Phi) is 4.29. The van der Waals surface area contributed by atoms with Crippen LogP contribution in [0.3, 0.4) is 0 Å². The second-order valence-electron chi connectivity index (χ2n) is 4.84. The highest BCUT2D eigenvalue weighted by Crippen LogP contribution is 2.31. The third kappa shape index (κ3) is 2.72. The predicted octanol–water partition coefficient (Wildman–Crippen LogP) is 0.371. The quantitative estimate of drug-likeness (QED) is 0.615. The summed E-state index contributed by atoms with van der Waals surface area (Å²) in [7, 11) is 1.48. The molecule has 94 valence electrons. The van der Waals surface area contributed by atoms with Gasteiger partial charge in [-0.05, 0) is 19.8 Å². The fraction of sp³-hybridized carbons (Fsp3) is 0.909. The summed E-state index contributed by atoms with van der Waals surface area (Å²) < 4.78 is 4.94. The lowest BCUT2D eigenvalue weighted by Gasteiger charge is -2.37. The largest absolute Gasteiger partial charge is 0.480 e. The molecule has 0 heterocycles. The Bertz CT molecular complexity index is 250. The number of hydrogen-bond donors (Lipinski definition) is 3. The van der Waals surface area contributed by atoms with Gasteiger partial charge in [0, 0.05) is 12.6 Å². The van der Waals surface area contributed by atoms with Crippen LogP contribution >= 0.6 is 0 Å². The Labute approximate surface area is 95.8 Å². The van der Waals surface area contributed by atoms with Gasteiger partial charge in [0.25, 0.3) is 0 Å². The fourth-order valence-corrected chi connectivity index (χ4v) is 2.40. The van der Waals surface area contributed by atoms with E-state index in [2.05, 4.69) is 5.32 Å². The monoisotopic (exact) mass is 231 g/mol. The molecule has 0 aromatic heterocycles. The van der Waals surface area contributed by atoms with Crippen molar-refractivity contribution in [1.82, 2.24) is 5.32 Å². The first-order valence-corrected chi connectivity index (χ1v) is 5.61. The smallest absolute Gasteiger partial charge is 0.326 e. The maximum atomic E-state index is 11.2. The van der Waals surface area contributed by atoms with E-state index in [4.69, 9.17) is 4.74 Å². The van der Waals surface area contributed by atoms with Gasteiger partial charge in [-0.3, -0.25) is 10.1 Å². The van der Waals surface area contributed by atoms with E-state index in [1.54, 1.807) is 6.92 Å². The first-order chi connectivity index (χ1) is 7.48.